The number of hydrogen-bond donors (Lipinski definition) is 2. The molecule has 2 N–H and O–H groups in total. The summed E-state index contributed by atoms with van der Waals surface area (Å²) in [5.41, 5.74) is 1.62. The predicted molar refractivity (Wildman–Crippen MR) is 76.0 cm³/mol. The van der Waals surface area contributed by atoms with Crippen LogP contribution < -0.4 is 0 Å². The minimum Gasteiger partial charge on any atom is -0.508 e. The molecule has 1 aromatic carbocycles. The van der Waals surface area contributed by atoms with Crippen LogP contribution in [0.3, 0.4) is 0 Å². The normalized spacial score (nSPS) is 33.9. The summed E-state index contributed by atoms with van der Waals surface area (Å²) in [5.74, 6) is 0.994. The van der Waals surface area contributed by atoms with Crippen molar-refractivity contribution in [2.75, 3.05) is 0 Å². The van der Waals surface area contributed by atoms with Crippen LogP contribution >= 0.6 is 0 Å². The van der Waals surface area contributed by atoms with Gasteiger partial charge in [0.2, 0.25) is 0 Å². The summed E-state index contributed by atoms with van der Waals surface area (Å²) in [7, 11) is 0. The van der Waals surface area contributed by atoms with E-state index in [1.54, 1.807) is 12.1 Å². The number of allylic oxidation sites excluding steroid dienone is 2. The van der Waals surface area contributed by atoms with Crippen molar-refractivity contribution >= 4 is 0 Å². The summed E-state index contributed by atoms with van der Waals surface area (Å²) in [6, 6.07) is 7.60. The van der Waals surface area contributed by atoms with E-state index in [0.29, 0.717) is 17.1 Å². The topological polar surface area (TPSA) is 40.5 Å². The first-order valence-corrected chi connectivity index (χ1v) is 7.32. The molecule has 19 heavy (non-hydrogen) atoms. The molecule has 1 saturated carbocycles. The lowest BCUT2D eigenvalue weighted by Gasteiger charge is -2.40. The Balaban J connectivity index is 1.72. The number of aromatic hydroxyl groups is 1. The summed E-state index contributed by atoms with van der Waals surface area (Å²) in [5, 5.41) is 19.1. The fraction of sp³-hybridized carbons (Fsp3) is 0.529. The second-order valence-corrected chi connectivity index (χ2v) is 6.17. The molecule has 3 rings (SSSR count). The fourth-order valence-corrected chi connectivity index (χ4v) is 3.76. The van der Waals surface area contributed by atoms with Gasteiger partial charge in [-0.1, -0.05) is 24.3 Å². The van der Waals surface area contributed by atoms with Gasteiger partial charge in [0, 0.05) is 0 Å². The Kier molecular flexibility index (Phi) is 3.36. The van der Waals surface area contributed by atoms with Crippen LogP contribution in [0.25, 0.3) is 0 Å². The van der Waals surface area contributed by atoms with E-state index in [2.05, 4.69) is 12.2 Å². The highest BCUT2D eigenvalue weighted by atomic mass is 16.3. The maximum atomic E-state index is 9.71. The highest BCUT2D eigenvalue weighted by Gasteiger charge is 2.41. The maximum absolute atomic E-state index is 9.71. The molecule has 1 atom stereocenters. The van der Waals surface area contributed by atoms with Gasteiger partial charge in [-0.25, -0.2) is 0 Å². The summed E-state index contributed by atoms with van der Waals surface area (Å²) in [6.07, 6.45) is 11.0. The van der Waals surface area contributed by atoms with E-state index in [-0.39, 0.29) is 6.10 Å². The minimum atomic E-state index is -0.0889. The molecular weight excluding hydrogens is 236 g/mol. The van der Waals surface area contributed by atoms with Gasteiger partial charge in [0.1, 0.15) is 5.75 Å². The molecule has 2 aliphatic rings. The van der Waals surface area contributed by atoms with Crippen LogP contribution in [-0.2, 0) is 6.42 Å². The third-order valence-corrected chi connectivity index (χ3v) is 4.99. The van der Waals surface area contributed by atoms with Crippen molar-refractivity contribution in [1.82, 2.24) is 0 Å². The van der Waals surface area contributed by atoms with Crippen molar-refractivity contribution in [1.29, 1.82) is 0 Å². The largest absolute Gasteiger partial charge is 0.508 e. The van der Waals surface area contributed by atoms with Gasteiger partial charge in [0.25, 0.3) is 0 Å². The van der Waals surface area contributed by atoms with Gasteiger partial charge >= 0.3 is 0 Å². The second-order valence-electron chi connectivity index (χ2n) is 6.17. The molecule has 0 saturated heterocycles. The molecule has 0 aliphatic heterocycles. The highest BCUT2D eigenvalue weighted by molar-refractivity contribution is 5.27. The molecule has 1 fully saturated rings. The van der Waals surface area contributed by atoms with Crippen molar-refractivity contribution in [3.8, 4) is 5.75 Å². The Morgan fingerprint density at radius 3 is 2.47 bits per heavy atom. The van der Waals surface area contributed by atoms with Crippen LogP contribution in [0.1, 0.15) is 37.7 Å². The highest BCUT2D eigenvalue weighted by Crippen LogP contribution is 2.50. The number of phenols is 1. The van der Waals surface area contributed by atoms with Crippen LogP contribution in [0.2, 0.25) is 0 Å². The van der Waals surface area contributed by atoms with Gasteiger partial charge in [-0.05, 0) is 67.6 Å². The van der Waals surface area contributed by atoms with E-state index in [4.69, 9.17) is 0 Å². The Labute approximate surface area is 114 Å². The Morgan fingerprint density at radius 1 is 1.11 bits per heavy atom. The molecule has 0 heterocycles. The van der Waals surface area contributed by atoms with Crippen LogP contribution in [0.5, 0.6) is 5.75 Å². The molecule has 0 unspecified atom stereocenters. The average molecular weight is 258 g/mol. The van der Waals surface area contributed by atoms with Crippen molar-refractivity contribution < 1.29 is 10.2 Å². The number of phenolic OH excluding ortho intramolecular Hbond substituents is 1. The summed E-state index contributed by atoms with van der Waals surface area (Å²) in [6.45, 7) is 0. The Bertz CT molecular complexity index is 453. The number of aliphatic hydroxyl groups excluding tert-OH is 1. The van der Waals surface area contributed by atoms with E-state index in [1.165, 1.54) is 5.56 Å². The molecule has 2 heteroatoms. The van der Waals surface area contributed by atoms with Crippen molar-refractivity contribution in [3.63, 3.8) is 0 Å². The first-order valence-electron chi connectivity index (χ1n) is 7.32. The van der Waals surface area contributed by atoms with Gasteiger partial charge in [-0.3, -0.25) is 0 Å². The quantitative estimate of drug-likeness (QED) is 0.798. The molecule has 2 nitrogen and oxygen atoms in total. The number of aliphatic hydroxyl groups is 1. The predicted octanol–water partition coefficient (Wildman–Crippen LogP) is 3.43. The molecule has 0 radical (unpaired) electrons. The Morgan fingerprint density at radius 2 is 1.79 bits per heavy atom. The molecule has 102 valence electrons. The minimum absolute atomic E-state index is 0.0889. The smallest absolute Gasteiger partial charge is 0.115 e. The average Bonchev–Trinajstić information content (AvgIpc) is 2.79. The van der Waals surface area contributed by atoms with Crippen LogP contribution in [-0.4, -0.2) is 16.3 Å². The lowest BCUT2D eigenvalue weighted by atomic mass is 9.66. The molecule has 0 bridgehead atoms. The van der Waals surface area contributed by atoms with Crippen LogP contribution in [0.15, 0.2) is 36.4 Å². The standard InChI is InChI=1S/C17H22O2/c18-15-5-3-13(4-6-15)12-14-2-1-9-17(14)10-7-16(19)8-11-17/h1,3-6,9,14,16,18-19H,2,7-8,10-12H2/t14-,16?,17?/m1/s1. The van der Waals surface area contributed by atoms with Crippen molar-refractivity contribution in [2.45, 2.75) is 44.6 Å². The number of benzene rings is 1. The summed E-state index contributed by atoms with van der Waals surface area (Å²) in [4.78, 5) is 0. The third kappa shape index (κ3) is 2.55. The van der Waals surface area contributed by atoms with Crippen molar-refractivity contribution in [2.24, 2.45) is 11.3 Å². The van der Waals surface area contributed by atoms with Crippen LogP contribution in [0, 0.1) is 11.3 Å². The van der Waals surface area contributed by atoms with E-state index < -0.39 is 0 Å². The second kappa shape index (κ2) is 5.01. The number of hydrogen-bond acceptors (Lipinski definition) is 2. The van der Waals surface area contributed by atoms with Crippen molar-refractivity contribution in [3.05, 3.63) is 42.0 Å². The van der Waals surface area contributed by atoms with E-state index in [1.807, 2.05) is 12.1 Å². The summed E-state index contributed by atoms with van der Waals surface area (Å²) < 4.78 is 0. The van der Waals surface area contributed by atoms with Gasteiger partial charge in [-0.15, -0.1) is 0 Å². The number of rotatable bonds is 2. The molecule has 2 aliphatic carbocycles. The molecule has 0 aromatic heterocycles. The van der Waals surface area contributed by atoms with E-state index in [0.717, 1.165) is 38.5 Å². The lowest BCUT2D eigenvalue weighted by Crippen LogP contribution is -2.33. The van der Waals surface area contributed by atoms with Crippen LogP contribution in [0.4, 0.5) is 0 Å². The molecule has 0 amide bonds. The first-order chi connectivity index (χ1) is 9.18. The zero-order valence-corrected chi connectivity index (χ0v) is 11.3. The van der Waals surface area contributed by atoms with Gasteiger partial charge in [0.15, 0.2) is 0 Å². The lowest BCUT2D eigenvalue weighted by molar-refractivity contribution is 0.0607. The van der Waals surface area contributed by atoms with E-state index in [9.17, 15) is 10.2 Å². The Hall–Kier alpha value is -1.28. The summed E-state index contributed by atoms with van der Waals surface area (Å²) >= 11 is 0. The maximum Gasteiger partial charge on any atom is 0.115 e. The van der Waals surface area contributed by atoms with E-state index >= 15 is 0 Å². The molecule has 1 aromatic rings. The monoisotopic (exact) mass is 258 g/mol. The third-order valence-electron chi connectivity index (χ3n) is 4.99. The first kappa shape index (κ1) is 12.7. The zero-order chi connectivity index (χ0) is 13.3. The fourth-order valence-electron chi connectivity index (χ4n) is 3.76. The van der Waals surface area contributed by atoms with Gasteiger partial charge < -0.3 is 10.2 Å². The van der Waals surface area contributed by atoms with Gasteiger partial charge in [0.05, 0.1) is 6.10 Å². The zero-order valence-electron chi connectivity index (χ0n) is 11.3. The SMILES string of the molecule is Oc1ccc(C[C@H]2CC=CC23CCC(O)CC3)cc1. The molecular formula is C17H22O2. The molecule has 1 spiro atoms. The van der Waals surface area contributed by atoms with Gasteiger partial charge in [-0.2, -0.15) is 0 Å².